The molecule has 2 atom stereocenters. The second-order valence-electron chi connectivity index (χ2n) is 8.35. The number of para-hydroxylation sites is 1. The van der Waals surface area contributed by atoms with Gasteiger partial charge in [0.25, 0.3) is 0 Å². The molecule has 4 nitrogen and oxygen atoms in total. The molecule has 160 valence electrons. The van der Waals surface area contributed by atoms with Crippen LogP contribution in [-0.4, -0.2) is 14.7 Å². The van der Waals surface area contributed by atoms with Gasteiger partial charge in [-0.25, -0.2) is 0 Å². The third-order valence-corrected chi connectivity index (χ3v) is 6.64. The van der Waals surface area contributed by atoms with Crippen LogP contribution in [0.5, 0.6) is 0 Å². The maximum Gasteiger partial charge on any atom is 0.174 e. The fourth-order valence-corrected chi connectivity index (χ4v) is 4.84. The van der Waals surface area contributed by atoms with Crippen LogP contribution in [0, 0.1) is 20.8 Å². The standard InChI is InChI=1S/C27H26N4S/c1-18-13-14-21(17-20(18)3)31-26(25(29-27(31)32)22-10-6-7-15-28-22)24-12-8-16-30(24)23-11-5-4-9-19(23)2/h4-17,25-26H,1-3H3,(H,29,32)/t25-,26-/m1/s1. The third kappa shape index (κ3) is 3.49. The number of benzene rings is 2. The molecule has 1 saturated heterocycles. The van der Waals surface area contributed by atoms with Crippen LogP contribution in [0.25, 0.3) is 5.69 Å². The molecule has 2 aromatic heterocycles. The molecule has 0 radical (unpaired) electrons. The summed E-state index contributed by atoms with van der Waals surface area (Å²) in [5.74, 6) is 0. The van der Waals surface area contributed by atoms with E-state index in [1.54, 1.807) is 0 Å². The highest BCUT2D eigenvalue weighted by molar-refractivity contribution is 7.80. The van der Waals surface area contributed by atoms with Gasteiger partial charge in [0.05, 0.1) is 11.7 Å². The van der Waals surface area contributed by atoms with Crippen molar-refractivity contribution >= 4 is 23.0 Å². The van der Waals surface area contributed by atoms with Gasteiger partial charge < -0.3 is 14.8 Å². The number of aromatic nitrogens is 2. The Balaban J connectivity index is 1.69. The minimum absolute atomic E-state index is 0.0471. The van der Waals surface area contributed by atoms with E-state index in [1.165, 1.54) is 28.1 Å². The largest absolute Gasteiger partial charge is 0.351 e. The number of nitrogens with one attached hydrogen (secondary N) is 1. The highest BCUT2D eigenvalue weighted by Crippen LogP contribution is 2.42. The smallest absolute Gasteiger partial charge is 0.174 e. The van der Waals surface area contributed by atoms with Gasteiger partial charge in [0.1, 0.15) is 6.04 Å². The summed E-state index contributed by atoms with van der Waals surface area (Å²) in [5, 5.41) is 4.28. The van der Waals surface area contributed by atoms with Crippen molar-refractivity contribution in [2.75, 3.05) is 4.90 Å². The van der Waals surface area contributed by atoms with Crippen molar-refractivity contribution in [3.63, 3.8) is 0 Å². The summed E-state index contributed by atoms with van der Waals surface area (Å²) in [6, 6.07) is 25.2. The van der Waals surface area contributed by atoms with Crippen LogP contribution >= 0.6 is 12.2 Å². The molecule has 3 heterocycles. The Labute approximate surface area is 194 Å². The van der Waals surface area contributed by atoms with Gasteiger partial charge in [0, 0.05) is 29.5 Å². The van der Waals surface area contributed by atoms with Gasteiger partial charge in [-0.15, -0.1) is 0 Å². The SMILES string of the molecule is Cc1ccc(N2C(=S)N[C@H](c3ccccn3)[C@H]2c2cccn2-c2ccccc2C)cc1C. The molecular weight excluding hydrogens is 412 g/mol. The van der Waals surface area contributed by atoms with E-state index in [0.29, 0.717) is 5.11 Å². The zero-order valence-electron chi connectivity index (χ0n) is 18.5. The lowest BCUT2D eigenvalue weighted by atomic mass is 10.00. The second-order valence-corrected chi connectivity index (χ2v) is 8.74. The number of nitrogens with zero attached hydrogens (tertiary/aromatic N) is 3. The molecule has 1 N–H and O–H groups in total. The van der Waals surface area contributed by atoms with Gasteiger partial charge in [-0.3, -0.25) is 4.98 Å². The van der Waals surface area contributed by atoms with Gasteiger partial charge in [-0.2, -0.15) is 0 Å². The zero-order valence-corrected chi connectivity index (χ0v) is 19.3. The zero-order chi connectivity index (χ0) is 22.2. The predicted molar refractivity (Wildman–Crippen MR) is 134 cm³/mol. The molecule has 1 aliphatic heterocycles. The Kier molecular flexibility index (Phi) is 5.27. The first-order valence-electron chi connectivity index (χ1n) is 10.9. The lowest BCUT2D eigenvalue weighted by molar-refractivity contribution is 0.549. The minimum Gasteiger partial charge on any atom is -0.351 e. The first-order valence-corrected chi connectivity index (χ1v) is 11.3. The van der Waals surface area contributed by atoms with Crippen molar-refractivity contribution in [3.05, 3.63) is 113 Å². The van der Waals surface area contributed by atoms with E-state index in [-0.39, 0.29) is 12.1 Å². The summed E-state index contributed by atoms with van der Waals surface area (Å²) in [5.41, 5.74) is 8.15. The average molecular weight is 439 g/mol. The first kappa shape index (κ1) is 20.5. The molecule has 32 heavy (non-hydrogen) atoms. The van der Waals surface area contributed by atoms with Gasteiger partial charge in [0.2, 0.25) is 0 Å². The molecule has 0 unspecified atom stereocenters. The minimum atomic E-state index is -0.0667. The lowest BCUT2D eigenvalue weighted by Crippen LogP contribution is -2.30. The molecular formula is C27H26N4S. The normalized spacial score (nSPS) is 18.1. The number of thiocarbonyl (C=S) groups is 1. The molecule has 4 aromatic rings. The Morgan fingerprint density at radius 2 is 1.66 bits per heavy atom. The summed E-state index contributed by atoms with van der Waals surface area (Å²) in [4.78, 5) is 6.92. The van der Waals surface area contributed by atoms with Gasteiger partial charge in [0.15, 0.2) is 5.11 Å². The fraction of sp³-hybridized carbons (Fsp3) is 0.185. The van der Waals surface area contributed by atoms with Crippen molar-refractivity contribution in [1.82, 2.24) is 14.9 Å². The number of anilines is 1. The maximum absolute atomic E-state index is 5.89. The molecule has 0 amide bonds. The van der Waals surface area contributed by atoms with E-state index in [2.05, 4.69) is 107 Å². The number of rotatable bonds is 4. The summed E-state index contributed by atoms with van der Waals surface area (Å²) in [7, 11) is 0. The van der Waals surface area contributed by atoms with E-state index in [0.717, 1.165) is 11.4 Å². The molecule has 1 aliphatic rings. The summed E-state index contributed by atoms with van der Waals surface area (Å²) in [6.45, 7) is 6.43. The van der Waals surface area contributed by atoms with Crippen LogP contribution in [0.1, 0.15) is 40.2 Å². The predicted octanol–water partition coefficient (Wildman–Crippen LogP) is 5.97. The third-order valence-electron chi connectivity index (χ3n) is 6.33. The Hall–Kier alpha value is -3.44. The highest BCUT2D eigenvalue weighted by atomic mass is 32.1. The van der Waals surface area contributed by atoms with Crippen LogP contribution in [0.15, 0.2) is 85.2 Å². The van der Waals surface area contributed by atoms with Crippen molar-refractivity contribution in [1.29, 1.82) is 0 Å². The van der Waals surface area contributed by atoms with E-state index >= 15 is 0 Å². The topological polar surface area (TPSA) is 33.1 Å². The van der Waals surface area contributed by atoms with Crippen molar-refractivity contribution in [3.8, 4) is 5.69 Å². The van der Waals surface area contributed by atoms with Crippen LogP contribution in [-0.2, 0) is 0 Å². The first-order chi connectivity index (χ1) is 15.5. The van der Waals surface area contributed by atoms with Crippen LogP contribution < -0.4 is 10.2 Å². The Bertz CT molecular complexity index is 1280. The van der Waals surface area contributed by atoms with Gasteiger partial charge >= 0.3 is 0 Å². The average Bonchev–Trinajstić information content (AvgIpc) is 3.41. The van der Waals surface area contributed by atoms with Crippen LogP contribution in [0.3, 0.4) is 0 Å². The van der Waals surface area contributed by atoms with E-state index in [4.69, 9.17) is 12.2 Å². The maximum atomic E-state index is 5.89. The van der Waals surface area contributed by atoms with E-state index in [1.807, 2.05) is 18.3 Å². The summed E-state index contributed by atoms with van der Waals surface area (Å²) >= 11 is 5.89. The van der Waals surface area contributed by atoms with Crippen LogP contribution in [0.4, 0.5) is 5.69 Å². The van der Waals surface area contributed by atoms with Crippen molar-refractivity contribution in [2.45, 2.75) is 32.9 Å². The monoisotopic (exact) mass is 438 g/mol. The molecule has 5 heteroatoms. The Morgan fingerprint density at radius 3 is 2.41 bits per heavy atom. The fourth-order valence-electron chi connectivity index (χ4n) is 4.50. The Morgan fingerprint density at radius 1 is 0.844 bits per heavy atom. The van der Waals surface area contributed by atoms with Crippen molar-refractivity contribution < 1.29 is 0 Å². The molecule has 0 bridgehead atoms. The molecule has 0 spiro atoms. The van der Waals surface area contributed by atoms with E-state index < -0.39 is 0 Å². The number of hydrogen-bond acceptors (Lipinski definition) is 2. The second kappa shape index (κ2) is 8.24. The highest BCUT2D eigenvalue weighted by Gasteiger charge is 2.42. The lowest BCUT2D eigenvalue weighted by Gasteiger charge is -2.29. The summed E-state index contributed by atoms with van der Waals surface area (Å²) < 4.78 is 2.28. The number of hydrogen-bond donors (Lipinski definition) is 1. The van der Waals surface area contributed by atoms with Crippen molar-refractivity contribution in [2.24, 2.45) is 0 Å². The number of aryl methyl sites for hydroxylation is 3. The molecule has 5 rings (SSSR count). The molecule has 0 saturated carbocycles. The van der Waals surface area contributed by atoms with E-state index in [9.17, 15) is 0 Å². The van der Waals surface area contributed by atoms with Gasteiger partial charge in [-0.05, 0) is 92.1 Å². The van der Waals surface area contributed by atoms with Crippen LogP contribution in [0.2, 0.25) is 0 Å². The molecule has 1 fully saturated rings. The molecule has 2 aromatic carbocycles. The van der Waals surface area contributed by atoms with Gasteiger partial charge in [-0.1, -0.05) is 30.3 Å². The number of pyridine rings is 1. The molecule has 0 aliphatic carbocycles. The quantitative estimate of drug-likeness (QED) is 0.398. The summed E-state index contributed by atoms with van der Waals surface area (Å²) in [6.07, 6.45) is 3.98.